The van der Waals surface area contributed by atoms with Crippen molar-refractivity contribution in [2.75, 3.05) is 0 Å². The van der Waals surface area contributed by atoms with Crippen LogP contribution in [0.3, 0.4) is 0 Å². The van der Waals surface area contributed by atoms with E-state index in [0.29, 0.717) is 11.8 Å². The second-order valence-electron chi connectivity index (χ2n) is 21.6. The van der Waals surface area contributed by atoms with E-state index in [9.17, 15) is 0 Å². The SMILES string of the molecule is c1ccc2c(c1)-c1ccccc1C21c2cc(-n3c4ccccc4c4cc(-c5ccc(-c6nc7ccccc7o6)cc5)ccc43)ccc2-c2ccc(-n3c4ccccc4c4cc(-c5ccc(-c6nc7ccccc7o6)cc5)ccc43)cc21. The van der Waals surface area contributed by atoms with Gasteiger partial charge in [0.1, 0.15) is 11.0 Å². The van der Waals surface area contributed by atoms with Crippen LogP contribution >= 0.6 is 0 Å². The summed E-state index contributed by atoms with van der Waals surface area (Å²) < 4.78 is 17.2. The highest BCUT2D eigenvalue weighted by Gasteiger charge is 2.52. The highest BCUT2D eigenvalue weighted by molar-refractivity contribution is 6.12. The standard InChI is InChI=1S/C75H44N4O2/c1-5-17-61-53(13-1)54-14-2-6-18-62(54)75(61)63-43-51(78-67-21-9-3-15-57(67)59-41-49(33-39-69(59)78)45-25-29-47(30-26-45)73-76-65-19-7-11-23-71(65)80-73)35-37-55(63)56-38-36-52(44-64(56)75)79-68-22-10-4-16-58(68)60-42-50(34-40-70(60)79)46-27-31-48(32-28-46)74-77-66-20-8-12-24-72(66)81-74/h1-44H. The van der Waals surface area contributed by atoms with Gasteiger partial charge in [-0.15, -0.1) is 0 Å². The van der Waals surface area contributed by atoms with Crippen LogP contribution in [0.25, 0.3) is 145 Å². The van der Waals surface area contributed by atoms with E-state index in [2.05, 4.69) is 228 Å². The molecule has 0 radical (unpaired) electrons. The van der Waals surface area contributed by atoms with Crippen molar-refractivity contribution in [2.24, 2.45) is 0 Å². The van der Waals surface area contributed by atoms with Crippen LogP contribution in [0.4, 0.5) is 0 Å². The van der Waals surface area contributed by atoms with Gasteiger partial charge in [-0.1, -0.05) is 158 Å². The van der Waals surface area contributed by atoms with Crippen LogP contribution in [0.5, 0.6) is 0 Å². The zero-order chi connectivity index (χ0) is 52.9. The van der Waals surface area contributed by atoms with Crippen LogP contribution in [0.2, 0.25) is 0 Å². The summed E-state index contributed by atoms with van der Waals surface area (Å²) in [5.41, 5.74) is 26.4. The van der Waals surface area contributed by atoms with E-state index in [1.165, 1.54) is 77.1 Å². The van der Waals surface area contributed by atoms with Crippen molar-refractivity contribution in [3.05, 3.63) is 289 Å². The highest BCUT2D eigenvalue weighted by atomic mass is 16.4. The first-order chi connectivity index (χ1) is 40.1. The molecular weight excluding hydrogens is 989 g/mol. The summed E-state index contributed by atoms with van der Waals surface area (Å²) in [6.07, 6.45) is 0. The summed E-state index contributed by atoms with van der Waals surface area (Å²) >= 11 is 0. The van der Waals surface area contributed by atoms with E-state index in [1.54, 1.807) is 0 Å². The molecule has 1 spiro atoms. The maximum absolute atomic E-state index is 6.12. The summed E-state index contributed by atoms with van der Waals surface area (Å²) in [7, 11) is 0. The average Bonchev–Trinajstić information content (AvgIpc) is 3.98. The molecule has 2 aliphatic carbocycles. The molecule has 6 nitrogen and oxygen atoms in total. The lowest BCUT2D eigenvalue weighted by molar-refractivity contribution is 0.619. The van der Waals surface area contributed by atoms with Crippen LogP contribution < -0.4 is 0 Å². The van der Waals surface area contributed by atoms with Crippen molar-refractivity contribution < 1.29 is 8.83 Å². The number of benzene rings is 12. The molecule has 0 saturated carbocycles. The third-order valence-corrected chi connectivity index (χ3v) is 17.4. The molecule has 12 aromatic carbocycles. The number of oxazole rings is 2. The first-order valence-corrected chi connectivity index (χ1v) is 27.6. The predicted octanol–water partition coefficient (Wildman–Crippen LogP) is 19.2. The minimum atomic E-state index is -0.587. The summed E-state index contributed by atoms with van der Waals surface area (Å²) in [6.45, 7) is 0. The van der Waals surface area contributed by atoms with Crippen molar-refractivity contribution in [2.45, 2.75) is 5.41 Å². The van der Waals surface area contributed by atoms with Crippen LogP contribution in [0.15, 0.2) is 276 Å². The summed E-state index contributed by atoms with van der Waals surface area (Å²) in [5.74, 6) is 1.25. The zero-order valence-electron chi connectivity index (χ0n) is 43.5. The zero-order valence-corrected chi connectivity index (χ0v) is 43.5. The normalized spacial score (nSPS) is 13.0. The average molecular weight is 1030 g/mol. The Kier molecular flexibility index (Phi) is 9.06. The Morgan fingerprint density at radius 1 is 0.272 bits per heavy atom. The molecule has 0 amide bonds. The minimum absolute atomic E-state index is 0.587. The molecule has 81 heavy (non-hydrogen) atoms. The fourth-order valence-electron chi connectivity index (χ4n) is 13.9. The van der Waals surface area contributed by atoms with Crippen LogP contribution in [-0.4, -0.2) is 19.1 Å². The fourth-order valence-corrected chi connectivity index (χ4v) is 13.9. The van der Waals surface area contributed by atoms with Crippen molar-refractivity contribution in [3.63, 3.8) is 0 Å². The van der Waals surface area contributed by atoms with Gasteiger partial charge in [-0.05, 0) is 176 Å². The van der Waals surface area contributed by atoms with Gasteiger partial charge in [0.15, 0.2) is 11.2 Å². The lowest BCUT2D eigenvalue weighted by Crippen LogP contribution is -2.26. The number of aromatic nitrogens is 4. The van der Waals surface area contributed by atoms with Crippen molar-refractivity contribution in [3.8, 4) is 78.8 Å². The van der Waals surface area contributed by atoms with E-state index < -0.39 is 5.41 Å². The topological polar surface area (TPSA) is 61.9 Å². The van der Waals surface area contributed by atoms with Crippen LogP contribution in [0.1, 0.15) is 22.3 Å². The van der Waals surface area contributed by atoms with Gasteiger partial charge in [0.25, 0.3) is 0 Å². The van der Waals surface area contributed by atoms with Gasteiger partial charge in [-0.25, -0.2) is 9.97 Å². The van der Waals surface area contributed by atoms with Gasteiger partial charge >= 0.3 is 0 Å². The summed E-state index contributed by atoms with van der Waals surface area (Å²) in [6, 6.07) is 97.1. The molecule has 18 rings (SSSR count). The molecule has 2 aliphatic rings. The van der Waals surface area contributed by atoms with E-state index >= 15 is 0 Å². The van der Waals surface area contributed by atoms with Crippen LogP contribution in [-0.2, 0) is 5.41 Å². The molecule has 0 aliphatic heterocycles. The van der Waals surface area contributed by atoms with Crippen molar-refractivity contribution >= 4 is 65.8 Å². The van der Waals surface area contributed by atoms with Gasteiger partial charge in [-0.3, -0.25) is 0 Å². The highest BCUT2D eigenvalue weighted by Crippen LogP contribution is 2.63. The third kappa shape index (κ3) is 6.27. The molecule has 0 bridgehead atoms. The second kappa shape index (κ2) is 16.6. The number of para-hydroxylation sites is 6. The number of nitrogens with zero attached hydrogens (tertiary/aromatic N) is 4. The number of hydrogen-bond acceptors (Lipinski definition) is 4. The molecule has 4 heterocycles. The Morgan fingerprint density at radius 2 is 0.642 bits per heavy atom. The quantitative estimate of drug-likeness (QED) is 0.166. The fraction of sp³-hybridized carbons (Fsp3) is 0.0133. The van der Waals surface area contributed by atoms with Crippen molar-refractivity contribution in [1.82, 2.24) is 19.1 Å². The van der Waals surface area contributed by atoms with E-state index in [4.69, 9.17) is 18.8 Å². The smallest absolute Gasteiger partial charge is 0.227 e. The third-order valence-electron chi connectivity index (χ3n) is 17.4. The Balaban J connectivity index is 0.775. The Labute approximate surface area is 464 Å². The van der Waals surface area contributed by atoms with Gasteiger partial charge < -0.3 is 18.0 Å². The van der Waals surface area contributed by atoms with Crippen molar-refractivity contribution in [1.29, 1.82) is 0 Å². The van der Waals surface area contributed by atoms with E-state index in [1.807, 2.05) is 48.5 Å². The Hall–Kier alpha value is -10.8. The molecule has 376 valence electrons. The monoisotopic (exact) mass is 1030 g/mol. The molecule has 6 heteroatoms. The largest absolute Gasteiger partial charge is 0.436 e. The Morgan fingerprint density at radius 3 is 1.11 bits per heavy atom. The molecule has 16 aromatic rings. The van der Waals surface area contributed by atoms with Crippen LogP contribution in [0, 0.1) is 0 Å². The summed E-state index contributed by atoms with van der Waals surface area (Å²) in [5, 5.41) is 4.84. The van der Waals surface area contributed by atoms with Gasteiger partial charge in [0.2, 0.25) is 11.8 Å². The lowest BCUT2D eigenvalue weighted by atomic mass is 9.70. The second-order valence-corrected chi connectivity index (χ2v) is 21.6. The molecule has 0 fully saturated rings. The van der Waals surface area contributed by atoms with Gasteiger partial charge in [-0.2, -0.15) is 0 Å². The molecule has 0 N–H and O–H groups in total. The molecule has 4 aromatic heterocycles. The number of rotatable bonds is 6. The molecular formula is C75H44N4O2. The van der Waals surface area contributed by atoms with E-state index in [-0.39, 0.29) is 0 Å². The number of hydrogen-bond donors (Lipinski definition) is 0. The maximum atomic E-state index is 6.12. The van der Waals surface area contributed by atoms with Gasteiger partial charge in [0, 0.05) is 44.0 Å². The molecule has 0 saturated heterocycles. The lowest BCUT2D eigenvalue weighted by Gasteiger charge is -2.31. The predicted molar refractivity (Wildman–Crippen MR) is 328 cm³/mol. The molecule has 0 atom stereocenters. The Bertz CT molecular complexity index is 4900. The number of fused-ring (bicyclic) bond motifs is 18. The summed E-state index contributed by atoms with van der Waals surface area (Å²) in [4.78, 5) is 9.51. The van der Waals surface area contributed by atoms with Gasteiger partial charge in [0.05, 0.1) is 27.5 Å². The first kappa shape index (κ1) is 44.2. The molecule has 0 unspecified atom stereocenters. The maximum Gasteiger partial charge on any atom is 0.227 e. The first-order valence-electron chi connectivity index (χ1n) is 27.6. The van der Waals surface area contributed by atoms with E-state index in [0.717, 1.165) is 78.0 Å². The minimum Gasteiger partial charge on any atom is -0.436 e.